The van der Waals surface area contributed by atoms with E-state index in [1.54, 1.807) is 36.4 Å². The van der Waals surface area contributed by atoms with Crippen molar-refractivity contribution in [2.24, 2.45) is 0 Å². The lowest BCUT2D eigenvalue weighted by Crippen LogP contribution is -2.60. The summed E-state index contributed by atoms with van der Waals surface area (Å²) in [4.78, 5) is 0. The largest absolute Gasteiger partial charge is 0.508 e. The first-order valence-corrected chi connectivity index (χ1v) is 8.65. The van der Waals surface area contributed by atoms with E-state index in [2.05, 4.69) is 0 Å². The maximum Gasteiger partial charge on any atom is 0.229 e. The number of benzene rings is 2. The van der Waals surface area contributed by atoms with Gasteiger partial charge in [-0.3, -0.25) is 0 Å². The van der Waals surface area contributed by atoms with E-state index in [4.69, 9.17) is 9.47 Å². The summed E-state index contributed by atoms with van der Waals surface area (Å²) >= 11 is 0. The number of hydrogen-bond acceptors (Lipinski definition) is 8. The van der Waals surface area contributed by atoms with Crippen molar-refractivity contribution in [2.75, 3.05) is 6.61 Å². The van der Waals surface area contributed by atoms with Gasteiger partial charge < -0.3 is 40.1 Å². The average Bonchev–Trinajstić information content (AvgIpc) is 2.67. The summed E-state index contributed by atoms with van der Waals surface area (Å²) in [6.07, 6.45) is -3.22. The number of rotatable bonds is 5. The third-order valence-electron chi connectivity index (χ3n) is 4.37. The predicted octanol–water partition coefficient (Wildman–Crippen LogP) is 0.447. The van der Waals surface area contributed by atoms with Crippen LogP contribution in [0.15, 0.2) is 42.5 Å². The Morgan fingerprint density at radius 3 is 2.04 bits per heavy atom. The van der Waals surface area contributed by atoms with Crippen LogP contribution in [0.2, 0.25) is 0 Å². The molecule has 2 aromatic rings. The molecule has 0 aliphatic carbocycles. The Labute approximate surface area is 161 Å². The molecule has 0 unspecified atom stereocenters. The molecule has 150 valence electrons. The highest BCUT2D eigenvalue weighted by Crippen LogP contribution is 2.25. The maximum absolute atomic E-state index is 10.00. The fraction of sp³-hybridized carbons (Fsp3) is 0.300. The number of aromatic hydroxyl groups is 2. The van der Waals surface area contributed by atoms with Crippen LogP contribution in [0.25, 0.3) is 12.2 Å². The third-order valence-corrected chi connectivity index (χ3v) is 4.37. The number of ether oxygens (including phenoxy) is 2. The molecule has 3 rings (SSSR count). The van der Waals surface area contributed by atoms with Crippen LogP contribution >= 0.6 is 0 Å². The molecule has 1 aliphatic heterocycles. The molecule has 0 aromatic heterocycles. The SMILES string of the molecule is OC[C@H]1O[C@@H](Oc2ccc(/C=C/c3cc(O)cc(O)c3)cc2)[C@H](O)[C@@H](O)[C@@H]1O. The summed E-state index contributed by atoms with van der Waals surface area (Å²) in [5.74, 6) is 0.280. The van der Waals surface area contributed by atoms with Gasteiger partial charge in [-0.25, -0.2) is 0 Å². The molecular formula is C20H22O8. The second-order valence-electron chi connectivity index (χ2n) is 6.50. The molecule has 0 saturated carbocycles. The second-order valence-corrected chi connectivity index (χ2v) is 6.50. The molecular weight excluding hydrogens is 368 g/mol. The number of phenolic OH excluding ortho intramolecular Hbond substituents is 2. The average molecular weight is 390 g/mol. The molecule has 0 bridgehead atoms. The van der Waals surface area contributed by atoms with Crippen LogP contribution in [-0.4, -0.2) is 68.0 Å². The minimum Gasteiger partial charge on any atom is -0.508 e. The molecule has 5 atom stereocenters. The van der Waals surface area contributed by atoms with E-state index in [1.165, 1.54) is 18.2 Å². The summed E-state index contributed by atoms with van der Waals surface area (Å²) < 4.78 is 10.8. The lowest BCUT2D eigenvalue weighted by molar-refractivity contribution is -0.277. The van der Waals surface area contributed by atoms with Crippen LogP contribution in [-0.2, 0) is 4.74 Å². The summed E-state index contributed by atoms with van der Waals surface area (Å²) in [7, 11) is 0. The van der Waals surface area contributed by atoms with Crippen LogP contribution < -0.4 is 4.74 Å². The first-order valence-electron chi connectivity index (χ1n) is 8.65. The van der Waals surface area contributed by atoms with Crippen molar-refractivity contribution in [3.8, 4) is 17.2 Å². The Hall–Kier alpha value is -2.62. The van der Waals surface area contributed by atoms with Gasteiger partial charge in [0, 0.05) is 6.07 Å². The lowest BCUT2D eigenvalue weighted by Gasteiger charge is -2.39. The molecule has 1 saturated heterocycles. The number of hydrogen-bond donors (Lipinski definition) is 6. The molecule has 8 heteroatoms. The Morgan fingerprint density at radius 2 is 1.43 bits per heavy atom. The van der Waals surface area contributed by atoms with Gasteiger partial charge >= 0.3 is 0 Å². The van der Waals surface area contributed by atoms with Gasteiger partial charge in [-0.15, -0.1) is 0 Å². The van der Waals surface area contributed by atoms with Gasteiger partial charge in [0.05, 0.1) is 6.61 Å². The van der Waals surface area contributed by atoms with Gasteiger partial charge in [0.15, 0.2) is 0 Å². The molecule has 0 radical (unpaired) electrons. The van der Waals surface area contributed by atoms with Crippen LogP contribution in [0.4, 0.5) is 0 Å². The quantitative estimate of drug-likeness (QED) is 0.405. The van der Waals surface area contributed by atoms with E-state index in [0.29, 0.717) is 11.3 Å². The molecule has 0 spiro atoms. The Bertz CT molecular complexity index is 797. The normalized spacial score (nSPS) is 27.8. The Kier molecular flexibility index (Phi) is 6.18. The fourth-order valence-electron chi connectivity index (χ4n) is 2.86. The molecule has 1 fully saturated rings. The predicted molar refractivity (Wildman–Crippen MR) is 99.5 cm³/mol. The number of aliphatic hydroxyl groups excluding tert-OH is 4. The Morgan fingerprint density at radius 1 is 0.821 bits per heavy atom. The van der Waals surface area contributed by atoms with Crippen LogP contribution in [0.5, 0.6) is 17.2 Å². The molecule has 1 heterocycles. The first-order chi connectivity index (χ1) is 13.4. The number of phenols is 2. The highest BCUT2D eigenvalue weighted by molar-refractivity contribution is 5.71. The number of aliphatic hydroxyl groups is 4. The standard InChI is InChI=1S/C20H22O8/c21-10-16-17(24)18(25)19(26)20(28-16)27-15-5-3-11(4-6-15)1-2-12-7-13(22)9-14(23)8-12/h1-9,16-26H,10H2/b2-1+/t16-,17-,18+,19-,20-/m1/s1. The molecule has 6 N–H and O–H groups in total. The van der Waals surface area contributed by atoms with E-state index in [0.717, 1.165) is 5.56 Å². The van der Waals surface area contributed by atoms with Gasteiger partial charge in [0.2, 0.25) is 6.29 Å². The van der Waals surface area contributed by atoms with Crippen molar-refractivity contribution in [1.29, 1.82) is 0 Å². The summed E-state index contributed by atoms with van der Waals surface area (Å²) in [5, 5.41) is 57.7. The molecule has 0 amide bonds. The summed E-state index contributed by atoms with van der Waals surface area (Å²) in [6, 6.07) is 11.0. The van der Waals surface area contributed by atoms with Crippen molar-refractivity contribution in [3.05, 3.63) is 53.6 Å². The second kappa shape index (κ2) is 8.59. The van der Waals surface area contributed by atoms with E-state index in [-0.39, 0.29) is 11.5 Å². The maximum atomic E-state index is 10.00. The van der Waals surface area contributed by atoms with E-state index in [1.807, 2.05) is 0 Å². The summed E-state index contributed by atoms with van der Waals surface area (Å²) in [5.41, 5.74) is 1.43. The van der Waals surface area contributed by atoms with Crippen LogP contribution in [0.3, 0.4) is 0 Å². The zero-order valence-corrected chi connectivity index (χ0v) is 14.8. The Balaban J connectivity index is 1.66. The monoisotopic (exact) mass is 390 g/mol. The first kappa shape index (κ1) is 20.1. The van der Waals surface area contributed by atoms with E-state index in [9.17, 15) is 30.6 Å². The fourth-order valence-corrected chi connectivity index (χ4v) is 2.86. The smallest absolute Gasteiger partial charge is 0.229 e. The minimum absolute atomic E-state index is 0.0390. The topological polar surface area (TPSA) is 140 Å². The van der Waals surface area contributed by atoms with E-state index < -0.39 is 37.3 Å². The van der Waals surface area contributed by atoms with Crippen molar-refractivity contribution in [2.45, 2.75) is 30.7 Å². The summed E-state index contributed by atoms with van der Waals surface area (Å²) in [6.45, 7) is -0.529. The van der Waals surface area contributed by atoms with Gasteiger partial charge in [0.1, 0.15) is 41.7 Å². The zero-order valence-electron chi connectivity index (χ0n) is 14.8. The highest BCUT2D eigenvalue weighted by Gasteiger charge is 2.44. The highest BCUT2D eigenvalue weighted by atomic mass is 16.7. The van der Waals surface area contributed by atoms with Crippen molar-refractivity contribution >= 4 is 12.2 Å². The van der Waals surface area contributed by atoms with Crippen LogP contribution in [0.1, 0.15) is 11.1 Å². The van der Waals surface area contributed by atoms with Crippen molar-refractivity contribution in [1.82, 2.24) is 0 Å². The zero-order chi connectivity index (χ0) is 20.3. The molecule has 28 heavy (non-hydrogen) atoms. The molecule has 2 aromatic carbocycles. The minimum atomic E-state index is -1.50. The van der Waals surface area contributed by atoms with Crippen molar-refractivity contribution in [3.63, 3.8) is 0 Å². The van der Waals surface area contributed by atoms with Gasteiger partial charge in [-0.1, -0.05) is 24.3 Å². The van der Waals surface area contributed by atoms with Gasteiger partial charge in [-0.2, -0.15) is 0 Å². The molecule has 8 nitrogen and oxygen atoms in total. The van der Waals surface area contributed by atoms with Gasteiger partial charge in [0.25, 0.3) is 0 Å². The van der Waals surface area contributed by atoms with Crippen LogP contribution in [0, 0.1) is 0 Å². The lowest BCUT2D eigenvalue weighted by atomic mass is 9.99. The molecule has 1 aliphatic rings. The van der Waals surface area contributed by atoms with E-state index >= 15 is 0 Å². The van der Waals surface area contributed by atoms with Gasteiger partial charge in [-0.05, 0) is 35.4 Å². The van der Waals surface area contributed by atoms with Crippen molar-refractivity contribution < 1.29 is 40.1 Å². The third kappa shape index (κ3) is 4.61.